The van der Waals surface area contributed by atoms with Gasteiger partial charge in [-0.1, -0.05) is 18.2 Å². The van der Waals surface area contributed by atoms with Gasteiger partial charge >= 0.3 is 0 Å². The summed E-state index contributed by atoms with van der Waals surface area (Å²) in [5.41, 5.74) is 0.551. The molecular formula is C10H9NO2S. The third-order valence-electron chi connectivity index (χ3n) is 2.01. The van der Waals surface area contributed by atoms with Crippen molar-refractivity contribution in [3.63, 3.8) is 0 Å². The molecule has 3 nitrogen and oxygen atoms in total. The molecular weight excluding hydrogens is 198 g/mol. The molecule has 72 valence electrons. The van der Waals surface area contributed by atoms with Crippen molar-refractivity contribution in [1.29, 1.82) is 0 Å². The van der Waals surface area contributed by atoms with Crippen LogP contribution < -0.4 is 0 Å². The summed E-state index contributed by atoms with van der Waals surface area (Å²) in [6.45, 7) is 0. The molecule has 0 aliphatic carbocycles. The van der Waals surface area contributed by atoms with Crippen molar-refractivity contribution < 1.29 is 10.0 Å². The monoisotopic (exact) mass is 207 g/mol. The molecule has 0 unspecified atom stereocenters. The van der Waals surface area contributed by atoms with E-state index in [1.807, 2.05) is 24.3 Å². The van der Waals surface area contributed by atoms with E-state index in [2.05, 4.69) is 0 Å². The SMILES string of the molecule is CN(O)C(=O)c1csc2ccccc12. The van der Waals surface area contributed by atoms with Crippen LogP contribution in [0.4, 0.5) is 0 Å². The van der Waals surface area contributed by atoms with Crippen LogP contribution in [0.25, 0.3) is 10.1 Å². The molecule has 14 heavy (non-hydrogen) atoms. The first kappa shape index (κ1) is 9.18. The number of amides is 1. The Hall–Kier alpha value is -1.39. The van der Waals surface area contributed by atoms with Gasteiger partial charge in [0.25, 0.3) is 5.91 Å². The number of thiophene rings is 1. The minimum Gasteiger partial charge on any atom is -0.286 e. The van der Waals surface area contributed by atoms with Crippen molar-refractivity contribution >= 4 is 27.3 Å². The molecule has 0 atom stereocenters. The Kier molecular flexibility index (Phi) is 2.23. The number of fused-ring (bicyclic) bond motifs is 1. The summed E-state index contributed by atoms with van der Waals surface area (Å²) in [6, 6.07) is 7.63. The van der Waals surface area contributed by atoms with E-state index in [-0.39, 0.29) is 5.91 Å². The maximum absolute atomic E-state index is 11.5. The van der Waals surface area contributed by atoms with Crippen LogP contribution in [0.1, 0.15) is 10.4 Å². The van der Waals surface area contributed by atoms with E-state index in [4.69, 9.17) is 5.21 Å². The van der Waals surface area contributed by atoms with Gasteiger partial charge in [-0.15, -0.1) is 11.3 Å². The van der Waals surface area contributed by atoms with E-state index in [9.17, 15) is 4.79 Å². The minimum atomic E-state index is -0.373. The first-order valence-corrected chi connectivity index (χ1v) is 5.01. The number of benzene rings is 1. The second-order valence-electron chi connectivity index (χ2n) is 2.97. The number of carbonyl (C=O) groups excluding carboxylic acids is 1. The summed E-state index contributed by atoms with van der Waals surface area (Å²) in [5, 5.41) is 12.3. The van der Waals surface area contributed by atoms with Crippen molar-refractivity contribution in [3.05, 3.63) is 35.2 Å². The maximum atomic E-state index is 11.5. The summed E-state index contributed by atoms with van der Waals surface area (Å²) in [7, 11) is 1.33. The molecule has 0 aliphatic rings. The fraction of sp³-hybridized carbons (Fsp3) is 0.100. The fourth-order valence-electron chi connectivity index (χ4n) is 1.32. The molecule has 4 heteroatoms. The summed E-state index contributed by atoms with van der Waals surface area (Å²) in [5.74, 6) is -0.373. The van der Waals surface area contributed by atoms with Crippen molar-refractivity contribution in [2.75, 3.05) is 7.05 Å². The number of rotatable bonds is 1. The molecule has 0 spiro atoms. The maximum Gasteiger partial charge on any atom is 0.278 e. The number of hydrogen-bond acceptors (Lipinski definition) is 3. The standard InChI is InChI=1S/C10H9NO2S/c1-11(13)10(12)8-6-14-9-5-3-2-4-7(8)9/h2-6,13H,1H3. The van der Waals surface area contributed by atoms with Crippen LogP contribution in [0.2, 0.25) is 0 Å². The molecule has 0 fully saturated rings. The van der Waals surface area contributed by atoms with Crippen molar-refractivity contribution in [2.24, 2.45) is 0 Å². The van der Waals surface area contributed by atoms with Gasteiger partial charge in [-0.2, -0.15) is 0 Å². The molecule has 0 radical (unpaired) electrons. The Balaban J connectivity index is 2.58. The molecule has 1 N–H and O–H groups in total. The molecule has 0 aliphatic heterocycles. The van der Waals surface area contributed by atoms with Crippen LogP contribution in [0.3, 0.4) is 0 Å². The highest BCUT2D eigenvalue weighted by Crippen LogP contribution is 2.26. The van der Waals surface area contributed by atoms with Crippen molar-refractivity contribution in [1.82, 2.24) is 5.06 Å². The molecule has 0 saturated carbocycles. The zero-order valence-corrected chi connectivity index (χ0v) is 8.41. The lowest BCUT2D eigenvalue weighted by Crippen LogP contribution is -2.21. The van der Waals surface area contributed by atoms with Gasteiger partial charge in [0.05, 0.1) is 5.56 Å². The molecule has 2 rings (SSSR count). The normalized spacial score (nSPS) is 10.4. The number of carbonyl (C=O) groups is 1. The average molecular weight is 207 g/mol. The first-order valence-electron chi connectivity index (χ1n) is 4.13. The Bertz CT molecular complexity index is 476. The second kappa shape index (κ2) is 3.40. The van der Waals surface area contributed by atoms with Gasteiger partial charge in [-0.3, -0.25) is 10.0 Å². The molecule has 2 aromatic rings. The zero-order chi connectivity index (χ0) is 10.1. The third kappa shape index (κ3) is 1.38. The topological polar surface area (TPSA) is 40.5 Å². The average Bonchev–Trinajstić information content (AvgIpc) is 2.60. The number of hydroxylamine groups is 2. The fourth-order valence-corrected chi connectivity index (χ4v) is 2.25. The second-order valence-corrected chi connectivity index (χ2v) is 3.89. The summed E-state index contributed by atoms with van der Waals surface area (Å²) in [4.78, 5) is 11.5. The van der Waals surface area contributed by atoms with Gasteiger partial charge < -0.3 is 0 Å². The van der Waals surface area contributed by atoms with Crippen LogP contribution in [0.5, 0.6) is 0 Å². The Morgan fingerprint density at radius 1 is 1.43 bits per heavy atom. The smallest absolute Gasteiger partial charge is 0.278 e. The Morgan fingerprint density at radius 2 is 2.14 bits per heavy atom. The van der Waals surface area contributed by atoms with Gasteiger partial charge in [0.2, 0.25) is 0 Å². The van der Waals surface area contributed by atoms with E-state index >= 15 is 0 Å². The third-order valence-corrected chi connectivity index (χ3v) is 2.97. The predicted octanol–water partition coefficient (Wildman–Crippen LogP) is 2.36. The molecule has 1 aromatic heterocycles. The van der Waals surface area contributed by atoms with Gasteiger partial charge in [0.1, 0.15) is 0 Å². The zero-order valence-electron chi connectivity index (χ0n) is 7.60. The lowest BCUT2D eigenvalue weighted by Gasteiger charge is -2.06. The summed E-state index contributed by atoms with van der Waals surface area (Å²) in [6.07, 6.45) is 0. The molecule has 1 aromatic carbocycles. The predicted molar refractivity (Wildman–Crippen MR) is 55.7 cm³/mol. The number of nitrogens with zero attached hydrogens (tertiary/aromatic N) is 1. The molecule has 1 heterocycles. The molecule has 0 bridgehead atoms. The van der Waals surface area contributed by atoms with Gasteiger partial charge in [-0.25, -0.2) is 5.06 Å². The van der Waals surface area contributed by atoms with Gasteiger partial charge in [0.15, 0.2) is 0 Å². The van der Waals surface area contributed by atoms with E-state index in [1.165, 1.54) is 18.4 Å². The molecule has 1 amide bonds. The van der Waals surface area contributed by atoms with E-state index < -0.39 is 0 Å². The van der Waals surface area contributed by atoms with Crippen molar-refractivity contribution in [3.8, 4) is 0 Å². The van der Waals surface area contributed by atoms with E-state index in [0.29, 0.717) is 10.6 Å². The summed E-state index contributed by atoms with van der Waals surface area (Å²) >= 11 is 1.50. The van der Waals surface area contributed by atoms with Gasteiger partial charge in [-0.05, 0) is 6.07 Å². The lowest BCUT2D eigenvalue weighted by atomic mass is 10.2. The Morgan fingerprint density at radius 3 is 2.86 bits per heavy atom. The van der Waals surface area contributed by atoms with Crippen LogP contribution in [-0.4, -0.2) is 23.2 Å². The first-order chi connectivity index (χ1) is 6.70. The lowest BCUT2D eigenvalue weighted by molar-refractivity contribution is -0.0372. The van der Waals surface area contributed by atoms with Crippen LogP contribution >= 0.6 is 11.3 Å². The largest absolute Gasteiger partial charge is 0.286 e. The van der Waals surface area contributed by atoms with Crippen LogP contribution in [0, 0.1) is 0 Å². The van der Waals surface area contributed by atoms with Crippen molar-refractivity contribution in [2.45, 2.75) is 0 Å². The quantitative estimate of drug-likeness (QED) is 0.576. The van der Waals surface area contributed by atoms with E-state index in [1.54, 1.807) is 5.38 Å². The molecule has 0 saturated heterocycles. The van der Waals surface area contributed by atoms with Crippen LogP contribution in [0.15, 0.2) is 29.6 Å². The summed E-state index contributed by atoms with van der Waals surface area (Å²) < 4.78 is 1.05. The number of hydrogen-bond donors (Lipinski definition) is 1. The highest BCUT2D eigenvalue weighted by Gasteiger charge is 2.14. The Labute approximate surface area is 85.2 Å². The highest BCUT2D eigenvalue weighted by atomic mass is 32.1. The minimum absolute atomic E-state index is 0.373. The van der Waals surface area contributed by atoms with Gasteiger partial charge in [0, 0.05) is 22.5 Å². The van der Waals surface area contributed by atoms with E-state index in [0.717, 1.165) is 10.1 Å². The van der Waals surface area contributed by atoms with Crippen LogP contribution in [-0.2, 0) is 0 Å². The highest BCUT2D eigenvalue weighted by molar-refractivity contribution is 7.17.